The topological polar surface area (TPSA) is 101 Å². The van der Waals surface area contributed by atoms with Crippen molar-refractivity contribution >= 4 is 11.9 Å². The van der Waals surface area contributed by atoms with E-state index in [4.69, 9.17) is 23.7 Å². The molecule has 39 heavy (non-hydrogen) atoms. The number of aryl methyl sites for hydroxylation is 1. The van der Waals surface area contributed by atoms with Crippen LogP contribution < -0.4 is 23.7 Å². The van der Waals surface area contributed by atoms with Gasteiger partial charge in [0.2, 0.25) is 0 Å². The third-order valence-corrected chi connectivity index (χ3v) is 5.94. The molecule has 0 bridgehead atoms. The molecule has 3 aromatic rings. The summed E-state index contributed by atoms with van der Waals surface area (Å²) in [4.78, 5) is 25.5. The molecule has 0 radical (unpaired) electrons. The maximum absolute atomic E-state index is 12.8. The van der Waals surface area contributed by atoms with Gasteiger partial charge in [-0.1, -0.05) is 26.7 Å². The zero-order chi connectivity index (χ0) is 28.2. The first kappa shape index (κ1) is 29.5. The number of carbonyl (C=O) groups is 2. The van der Waals surface area contributed by atoms with Crippen LogP contribution in [0.3, 0.4) is 0 Å². The number of methoxy groups -OCH3 is 1. The van der Waals surface area contributed by atoms with E-state index < -0.39 is 11.9 Å². The minimum absolute atomic E-state index is 0.262. The maximum atomic E-state index is 12.8. The van der Waals surface area contributed by atoms with Crippen molar-refractivity contribution in [3.63, 3.8) is 0 Å². The van der Waals surface area contributed by atoms with Crippen molar-refractivity contribution in [2.75, 3.05) is 20.3 Å². The molecule has 0 aliphatic carbocycles. The summed E-state index contributed by atoms with van der Waals surface area (Å²) in [6.07, 6.45) is 3.82. The van der Waals surface area contributed by atoms with Gasteiger partial charge in [0.05, 0.1) is 38.1 Å². The molecule has 0 aliphatic heterocycles. The van der Waals surface area contributed by atoms with Crippen molar-refractivity contribution in [3.05, 3.63) is 76.9 Å². The molecule has 0 unspecified atom stereocenters. The molecule has 8 heteroatoms. The van der Waals surface area contributed by atoms with Gasteiger partial charge in [0.15, 0.2) is 11.5 Å². The molecule has 8 nitrogen and oxygen atoms in total. The Balaban J connectivity index is 1.66. The highest BCUT2D eigenvalue weighted by Crippen LogP contribution is 2.30. The second-order valence-corrected chi connectivity index (χ2v) is 8.96. The molecular weight excluding hydrogens is 500 g/mol. The van der Waals surface area contributed by atoms with Crippen molar-refractivity contribution in [2.24, 2.45) is 0 Å². The Morgan fingerprint density at radius 2 is 1.31 bits per heavy atom. The highest BCUT2D eigenvalue weighted by molar-refractivity contribution is 5.92. The lowest BCUT2D eigenvalue weighted by molar-refractivity contribution is 0.0718. The van der Waals surface area contributed by atoms with Crippen molar-refractivity contribution in [2.45, 2.75) is 53.1 Å². The minimum Gasteiger partial charge on any atom is -0.493 e. The molecule has 0 aliphatic rings. The molecule has 0 heterocycles. The van der Waals surface area contributed by atoms with E-state index in [1.54, 1.807) is 61.5 Å². The number of rotatable bonds is 14. The molecule has 0 spiro atoms. The first-order valence-corrected chi connectivity index (χ1v) is 13.1. The normalized spacial score (nSPS) is 10.6. The Labute approximate surface area is 229 Å². The highest BCUT2D eigenvalue weighted by atomic mass is 16.5. The number of ether oxygens (including phenoxy) is 5. The van der Waals surface area contributed by atoms with E-state index in [2.05, 4.69) is 13.8 Å². The maximum Gasteiger partial charge on any atom is 0.343 e. The molecule has 0 saturated carbocycles. The van der Waals surface area contributed by atoms with E-state index in [9.17, 15) is 14.7 Å². The predicted molar refractivity (Wildman–Crippen MR) is 147 cm³/mol. The van der Waals surface area contributed by atoms with E-state index in [0.717, 1.165) is 25.7 Å². The SMILES string of the molecule is CCCCOc1ccc(C(=O)Oc2ccc(OC(=O)c3ccc(OCCCC)c(OC)c3)c(C)c2)cc1CO. The summed E-state index contributed by atoms with van der Waals surface area (Å²) in [5.41, 5.74) is 1.71. The predicted octanol–water partition coefficient (Wildman–Crippen LogP) is 6.29. The Morgan fingerprint density at radius 3 is 1.92 bits per heavy atom. The summed E-state index contributed by atoms with van der Waals surface area (Å²) in [5.74, 6) is 1.04. The zero-order valence-electron chi connectivity index (χ0n) is 23.0. The quantitative estimate of drug-likeness (QED) is 0.146. The van der Waals surface area contributed by atoms with Crippen LogP contribution in [0.5, 0.6) is 28.7 Å². The molecular formula is C31H36O8. The van der Waals surface area contributed by atoms with Gasteiger partial charge in [0.1, 0.15) is 17.2 Å². The second-order valence-electron chi connectivity index (χ2n) is 8.96. The molecule has 0 aromatic heterocycles. The third-order valence-electron chi connectivity index (χ3n) is 5.94. The van der Waals surface area contributed by atoms with Crippen LogP contribution in [0.25, 0.3) is 0 Å². The lowest BCUT2D eigenvalue weighted by Gasteiger charge is -2.13. The van der Waals surface area contributed by atoms with Crippen LogP contribution in [0.1, 0.15) is 71.4 Å². The van der Waals surface area contributed by atoms with E-state index in [1.807, 2.05) is 0 Å². The number of aliphatic hydroxyl groups is 1. The third kappa shape index (κ3) is 8.22. The van der Waals surface area contributed by atoms with Gasteiger partial charge >= 0.3 is 11.9 Å². The first-order valence-electron chi connectivity index (χ1n) is 13.1. The van der Waals surface area contributed by atoms with E-state index in [1.165, 1.54) is 7.11 Å². The monoisotopic (exact) mass is 536 g/mol. The number of esters is 2. The average molecular weight is 537 g/mol. The molecule has 208 valence electrons. The van der Waals surface area contributed by atoms with Crippen molar-refractivity contribution in [3.8, 4) is 28.7 Å². The number of benzene rings is 3. The van der Waals surface area contributed by atoms with Gasteiger partial charge in [-0.15, -0.1) is 0 Å². The minimum atomic E-state index is -0.581. The van der Waals surface area contributed by atoms with Gasteiger partial charge in [-0.3, -0.25) is 0 Å². The zero-order valence-corrected chi connectivity index (χ0v) is 23.0. The summed E-state index contributed by atoms with van der Waals surface area (Å²) in [6, 6.07) is 14.4. The van der Waals surface area contributed by atoms with Gasteiger partial charge in [-0.2, -0.15) is 0 Å². The summed E-state index contributed by atoms with van der Waals surface area (Å²) >= 11 is 0. The van der Waals surface area contributed by atoms with Gasteiger partial charge in [-0.25, -0.2) is 9.59 Å². The molecule has 0 fully saturated rings. The molecule has 0 atom stereocenters. The van der Waals surface area contributed by atoms with E-state index >= 15 is 0 Å². The van der Waals surface area contributed by atoms with E-state index in [-0.39, 0.29) is 12.2 Å². The highest BCUT2D eigenvalue weighted by Gasteiger charge is 2.17. The van der Waals surface area contributed by atoms with Gasteiger partial charge < -0.3 is 28.8 Å². The van der Waals surface area contributed by atoms with Crippen LogP contribution in [0, 0.1) is 6.92 Å². The Bertz CT molecular complexity index is 1270. The summed E-state index contributed by atoms with van der Waals surface area (Å²) in [7, 11) is 1.52. The number of unbranched alkanes of at least 4 members (excludes halogenated alkanes) is 2. The smallest absolute Gasteiger partial charge is 0.343 e. The summed E-state index contributed by atoms with van der Waals surface area (Å²) < 4.78 is 27.9. The Kier molecular flexibility index (Phi) is 11.2. The first-order chi connectivity index (χ1) is 18.9. The Hall–Kier alpha value is -4.04. The number of aliphatic hydroxyl groups excluding tert-OH is 1. The van der Waals surface area contributed by atoms with Crippen LogP contribution in [-0.4, -0.2) is 37.4 Å². The number of carbonyl (C=O) groups excluding carboxylic acids is 2. The van der Waals surface area contributed by atoms with Crippen LogP contribution in [0.2, 0.25) is 0 Å². The Morgan fingerprint density at radius 1 is 0.718 bits per heavy atom. The van der Waals surface area contributed by atoms with Crippen LogP contribution in [0.15, 0.2) is 54.6 Å². The lowest BCUT2D eigenvalue weighted by Crippen LogP contribution is -2.11. The van der Waals surface area contributed by atoms with E-state index in [0.29, 0.717) is 58.7 Å². The fraction of sp³-hybridized carbons (Fsp3) is 0.355. The van der Waals surface area contributed by atoms with Crippen LogP contribution in [-0.2, 0) is 6.61 Å². The summed E-state index contributed by atoms with van der Waals surface area (Å²) in [5, 5.41) is 9.69. The fourth-order valence-electron chi connectivity index (χ4n) is 3.66. The number of hydrogen-bond acceptors (Lipinski definition) is 8. The molecule has 0 saturated heterocycles. The fourth-order valence-corrected chi connectivity index (χ4v) is 3.66. The van der Waals surface area contributed by atoms with Crippen LogP contribution >= 0.6 is 0 Å². The van der Waals surface area contributed by atoms with Crippen LogP contribution in [0.4, 0.5) is 0 Å². The molecule has 3 rings (SSSR count). The van der Waals surface area contributed by atoms with Crippen molar-refractivity contribution < 1.29 is 38.4 Å². The molecule has 3 aromatic carbocycles. The van der Waals surface area contributed by atoms with Gasteiger partial charge in [-0.05, 0) is 79.9 Å². The molecule has 0 amide bonds. The van der Waals surface area contributed by atoms with Crippen molar-refractivity contribution in [1.82, 2.24) is 0 Å². The van der Waals surface area contributed by atoms with Gasteiger partial charge in [0, 0.05) is 5.56 Å². The largest absolute Gasteiger partial charge is 0.493 e. The standard InChI is InChI=1S/C31H36O8/c1-5-7-15-36-27-12-9-22(18-24(27)20-32)30(33)38-25-11-14-26(21(3)17-25)39-31(34)23-10-13-28(29(19-23)35-4)37-16-8-6-2/h9-14,17-19,32H,5-8,15-16,20H2,1-4H3. The summed E-state index contributed by atoms with van der Waals surface area (Å²) in [6.45, 7) is 6.73. The average Bonchev–Trinajstić information content (AvgIpc) is 2.94. The second kappa shape index (κ2) is 14.8. The van der Waals surface area contributed by atoms with Gasteiger partial charge in [0.25, 0.3) is 0 Å². The lowest BCUT2D eigenvalue weighted by atomic mass is 10.1. The molecule has 1 N–H and O–H groups in total. The van der Waals surface area contributed by atoms with Crippen molar-refractivity contribution in [1.29, 1.82) is 0 Å². The number of hydrogen-bond donors (Lipinski definition) is 1.